The van der Waals surface area contributed by atoms with Crippen molar-refractivity contribution < 1.29 is 4.79 Å². The highest BCUT2D eigenvalue weighted by Gasteiger charge is 2.53. The van der Waals surface area contributed by atoms with E-state index in [0.29, 0.717) is 17.8 Å². The van der Waals surface area contributed by atoms with Gasteiger partial charge in [0.15, 0.2) is 0 Å². The summed E-state index contributed by atoms with van der Waals surface area (Å²) in [7, 11) is 2.05. The minimum atomic E-state index is 0.0101. The summed E-state index contributed by atoms with van der Waals surface area (Å²) in [5.41, 5.74) is 2.44. The Bertz CT molecular complexity index is 514. The number of rotatable bonds is 2. The number of carbonyl (C=O) groups is 1. The number of Topliss-reactive ketones (excluding diaryl/α,β-unsaturated/α-hetero) is 1. The van der Waals surface area contributed by atoms with Crippen LogP contribution in [0.1, 0.15) is 32.3 Å². The van der Waals surface area contributed by atoms with E-state index in [2.05, 4.69) is 36.1 Å². The molecule has 0 spiro atoms. The number of ketones is 1. The fourth-order valence-corrected chi connectivity index (χ4v) is 3.97. The molecule has 0 aromatic carbocycles. The summed E-state index contributed by atoms with van der Waals surface area (Å²) in [5, 5.41) is 3.55. The fraction of sp³-hybridized carbons (Fsp3) is 0.600. The van der Waals surface area contributed by atoms with E-state index in [4.69, 9.17) is 0 Å². The summed E-state index contributed by atoms with van der Waals surface area (Å²) in [6, 6.07) is 2.04. The van der Waals surface area contributed by atoms with E-state index in [9.17, 15) is 4.79 Å². The van der Waals surface area contributed by atoms with Gasteiger partial charge in [-0.25, -0.2) is 0 Å². The SMILES string of the molecule is CC(=O)C1C(C(C)C)C2c3cnccc3NC2N1C. The standard InChI is InChI=1S/C15H21N3O/c1-8(2)12-13-10-7-16-6-5-11(10)17-15(13)18(4)14(12)9(3)19/h5-8,12-15,17H,1-4H3. The molecule has 4 atom stereocenters. The molecule has 1 aromatic heterocycles. The van der Waals surface area contributed by atoms with Crippen LogP contribution in [0.3, 0.4) is 0 Å². The summed E-state index contributed by atoms with van der Waals surface area (Å²) in [5.74, 6) is 1.45. The van der Waals surface area contributed by atoms with Crippen LogP contribution in [0.2, 0.25) is 0 Å². The molecule has 3 rings (SSSR count). The summed E-state index contributed by atoms with van der Waals surface area (Å²) < 4.78 is 0. The average Bonchev–Trinajstić information content (AvgIpc) is 2.85. The number of pyridine rings is 1. The average molecular weight is 259 g/mol. The molecule has 1 fully saturated rings. The monoisotopic (exact) mass is 259 g/mol. The Labute approximate surface area is 114 Å². The number of nitrogens with one attached hydrogen (secondary N) is 1. The molecule has 102 valence electrons. The highest BCUT2D eigenvalue weighted by molar-refractivity contribution is 5.83. The molecule has 1 saturated heterocycles. The van der Waals surface area contributed by atoms with Gasteiger partial charge in [0.2, 0.25) is 0 Å². The van der Waals surface area contributed by atoms with Crippen LogP contribution in [0.25, 0.3) is 0 Å². The zero-order chi connectivity index (χ0) is 13.7. The van der Waals surface area contributed by atoms with Gasteiger partial charge in [0, 0.05) is 29.6 Å². The number of hydrogen-bond donors (Lipinski definition) is 1. The van der Waals surface area contributed by atoms with Crippen molar-refractivity contribution in [3.63, 3.8) is 0 Å². The van der Waals surface area contributed by atoms with Gasteiger partial charge in [-0.05, 0) is 31.9 Å². The first-order valence-corrected chi connectivity index (χ1v) is 6.95. The first kappa shape index (κ1) is 12.6. The van der Waals surface area contributed by atoms with E-state index in [1.807, 2.05) is 18.5 Å². The van der Waals surface area contributed by atoms with E-state index in [1.54, 1.807) is 6.92 Å². The van der Waals surface area contributed by atoms with Crippen LogP contribution in [0, 0.1) is 11.8 Å². The third-order valence-electron chi connectivity index (χ3n) is 4.70. The Morgan fingerprint density at radius 3 is 2.84 bits per heavy atom. The predicted octanol–water partition coefficient (Wildman–Crippen LogP) is 2.09. The van der Waals surface area contributed by atoms with E-state index >= 15 is 0 Å². The van der Waals surface area contributed by atoms with Crippen molar-refractivity contribution in [2.45, 2.75) is 38.9 Å². The molecule has 0 saturated carbocycles. The van der Waals surface area contributed by atoms with Gasteiger partial charge in [0.1, 0.15) is 5.78 Å². The molecule has 4 unspecified atom stereocenters. The molecule has 0 radical (unpaired) electrons. The van der Waals surface area contributed by atoms with Crippen LogP contribution in [-0.2, 0) is 4.79 Å². The van der Waals surface area contributed by atoms with Crippen molar-refractivity contribution in [2.75, 3.05) is 12.4 Å². The Kier molecular flexibility index (Phi) is 2.86. The van der Waals surface area contributed by atoms with Gasteiger partial charge in [0.25, 0.3) is 0 Å². The van der Waals surface area contributed by atoms with Gasteiger partial charge in [-0.2, -0.15) is 0 Å². The third kappa shape index (κ3) is 1.70. The highest BCUT2D eigenvalue weighted by atomic mass is 16.1. The molecule has 4 heteroatoms. The van der Waals surface area contributed by atoms with Gasteiger partial charge >= 0.3 is 0 Å². The third-order valence-corrected chi connectivity index (χ3v) is 4.70. The molecule has 2 aliphatic heterocycles. The number of fused-ring (bicyclic) bond motifs is 3. The van der Waals surface area contributed by atoms with Gasteiger partial charge in [0.05, 0.1) is 12.2 Å². The minimum Gasteiger partial charge on any atom is -0.369 e. The van der Waals surface area contributed by atoms with Crippen molar-refractivity contribution in [3.05, 3.63) is 24.0 Å². The van der Waals surface area contributed by atoms with Crippen LogP contribution >= 0.6 is 0 Å². The van der Waals surface area contributed by atoms with E-state index in [-0.39, 0.29) is 18.0 Å². The number of carbonyl (C=O) groups excluding carboxylic acids is 1. The minimum absolute atomic E-state index is 0.0101. The second kappa shape index (κ2) is 4.30. The van der Waals surface area contributed by atoms with Crippen LogP contribution in [0.4, 0.5) is 5.69 Å². The molecule has 1 aromatic rings. The summed E-state index contributed by atoms with van der Waals surface area (Å²) >= 11 is 0. The second-order valence-corrected chi connectivity index (χ2v) is 6.12. The molecule has 0 amide bonds. The fourth-order valence-electron chi connectivity index (χ4n) is 3.97. The van der Waals surface area contributed by atoms with Gasteiger partial charge in [-0.1, -0.05) is 13.8 Å². The number of hydrogen-bond acceptors (Lipinski definition) is 4. The zero-order valence-corrected chi connectivity index (χ0v) is 11.9. The smallest absolute Gasteiger partial charge is 0.147 e. The lowest BCUT2D eigenvalue weighted by Crippen LogP contribution is -2.42. The predicted molar refractivity (Wildman–Crippen MR) is 74.9 cm³/mol. The van der Waals surface area contributed by atoms with Gasteiger partial charge in [-0.3, -0.25) is 14.7 Å². The maximum absolute atomic E-state index is 12.0. The van der Waals surface area contributed by atoms with Crippen molar-refractivity contribution in [3.8, 4) is 0 Å². The molecule has 2 aliphatic rings. The molecular formula is C15H21N3O. The first-order valence-electron chi connectivity index (χ1n) is 6.95. The Morgan fingerprint density at radius 2 is 2.21 bits per heavy atom. The molecule has 4 nitrogen and oxygen atoms in total. The quantitative estimate of drug-likeness (QED) is 0.883. The second-order valence-electron chi connectivity index (χ2n) is 6.12. The summed E-state index contributed by atoms with van der Waals surface area (Å²) in [6.07, 6.45) is 4.00. The molecule has 0 aliphatic carbocycles. The summed E-state index contributed by atoms with van der Waals surface area (Å²) in [6.45, 7) is 6.14. The van der Waals surface area contributed by atoms with Crippen LogP contribution in [0.5, 0.6) is 0 Å². The number of likely N-dealkylation sites (tertiary alicyclic amines) is 1. The number of aromatic nitrogens is 1. The van der Waals surface area contributed by atoms with Gasteiger partial charge in [-0.15, -0.1) is 0 Å². The zero-order valence-electron chi connectivity index (χ0n) is 11.9. The summed E-state index contributed by atoms with van der Waals surface area (Å²) in [4.78, 5) is 18.5. The Morgan fingerprint density at radius 1 is 1.47 bits per heavy atom. The van der Waals surface area contributed by atoms with E-state index < -0.39 is 0 Å². The Balaban J connectivity index is 2.07. The lowest BCUT2D eigenvalue weighted by Gasteiger charge is -2.28. The molecule has 1 N–H and O–H groups in total. The maximum Gasteiger partial charge on any atom is 0.147 e. The lowest BCUT2D eigenvalue weighted by molar-refractivity contribution is -0.122. The van der Waals surface area contributed by atoms with Crippen molar-refractivity contribution in [2.24, 2.45) is 11.8 Å². The maximum atomic E-state index is 12.0. The first-order chi connectivity index (χ1) is 9.02. The van der Waals surface area contributed by atoms with E-state index in [0.717, 1.165) is 0 Å². The highest BCUT2D eigenvalue weighted by Crippen LogP contribution is 2.51. The number of nitrogens with zero attached hydrogens (tertiary/aromatic N) is 2. The van der Waals surface area contributed by atoms with Crippen LogP contribution in [0.15, 0.2) is 18.5 Å². The molecular weight excluding hydrogens is 238 g/mol. The topological polar surface area (TPSA) is 45.2 Å². The molecule has 19 heavy (non-hydrogen) atoms. The van der Waals surface area contributed by atoms with Crippen molar-refractivity contribution in [1.82, 2.24) is 9.88 Å². The largest absolute Gasteiger partial charge is 0.369 e. The Hall–Kier alpha value is -1.42. The van der Waals surface area contributed by atoms with Crippen molar-refractivity contribution >= 4 is 11.5 Å². The van der Waals surface area contributed by atoms with Gasteiger partial charge < -0.3 is 5.32 Å². The van der Waals surface area contributed by atoms with E-state index in [1.165, 1.54) is 11.3 Å². The normalized spacial score (nSPS) is 33.1. The van der Waals surface area contributed by atoms with Crippen LogP contribution < -0.4 is 5.32 Å². The van der Waals surface area contributed by atoms with Crippen molar-refractivity contribution in [1.29, 1.82) is 0 Å². The van der Waals surface area contributed by atoms with Crippen LogP contribution in [-0.4, -0.2) is 34.9 Å². The number of likely N-dealkylation sites (N-methyl/N-ethyl adjacent to an activating group) is 1. The lowest BCUT2D eigenvalue weighted by atomic mass is 9.77. The molecule has 0 bridgehead atoms. The molecule has 3 heterocycles. The number of anilines is 1.